The Labute approximate surface area is 177 Å². The molecule has 31 heavy (non-hydrogen) atoms. The van der Waals surface area contributed by atoms with E-state index in [0.29, 0.717) is 28.6 Å². The molecule has 5 rings (SSSR count). The van der Waals surface area contributed by atoms with E-state index < -0.39 is 17.7 Å². The van der Waals surface area contributed by atoms with Crippen molar-refractivity contribution >= 4 is 17.4 Å². The standard InChI is InChI=1S/C23H18N2O6/c1-13-2-4-17(31-13)20-19(21(26)15-3-5-16-18(10-15)30-12-29-16)22(27)23(28)25(20)11-14-6-8-24-9-7-14/h2-10,20,26H,11-12H2,1H3/b21-19-. The first-order valence-electron chi connectivity index (χ1n) is 9.66. The molecule has 1 N–H and O–H groups in total. The van der Waals surface area contributed by atoms with Crippen molar-refractivity contribution in [2.24, 2.45) is 0 Å². The Kier molecular flexibility index (Phi) is 4.47. The quantitative estimate of drug-likeness (QED) is 0.394. The Morgan fingerprint density at radius 3 is 2.61 bits per heavy atom. The first-order chi connectivity index (χ1) is 15.0. The summed E-state index contributed by atoms with van der Waals surface area (Å²) in [6.07, 6.45) is 3.23. The predicted molar refractivity (Wildman–Crippen MR) is 108 cm³/mol. The number of hydrogen-bond donors (Lipinski definition) is 1. The lowest BCUT2D eigenvalue weighted by atomic mass is 9.99. The maximum absolute atomic E-state index is 13.0. The van der Waals surface area contributed by atoms with Crippen LogP contribution in [-0.2, 0) is 16.1 Å². The number of furan rings is 1. The number of carbonyl (C=O) groups excluding carboxylic acids is 2. The van der Waals surface area contributed by atoms with E-state index in [2.05, 4.69) is 4.98 Å². The SMILES string of the molecule is Cc1ccc(C2/C(=C(/O)c3ccc4c(c3)OCO4)C(=O)C(=O)N2Cc2ccncc2)o1. The van der Waals surface area contributed by atoms with Gasteiger partial charge in [-0.3, -0.25) is 14.6 Å². The summed E-state index contributed by atoms with van der Waals surface area (Å²) in [5, 5.41) is 11.1. The molecule has 3 aromatic rings. The number of likely N-dealkylation sites (tertiary alicyclic amines) is 1. The highest BCUT2D eigenvalue weighted by Gasteiger charge is 2.47. The molecule has 1 amide bonds. The molecule has 8 heteroatoms. The third-order valence-electron chi connectivity index (χ3n) is 5.32. The van der Waals surface area contributed by atoms with E-state index in [-0.39, 0.29) is 24.7 Å². The zero-order valence-electron chi connectivity index (χ0n) is 16.6. The lowest BCUT2D eigenvalue weighted by Crippen LogP contribution is -2.29. The van der Waals surface area contributed by atoms with E-state index in [1.807, 2.05) is 0 Å². The van der Waals surface area contributed by atoms with Crippen LogP contribution in [0.15, 0.2) is 64.8 Å². The third-order valence-corrected chi connectivity index (χ3v) is 5.32. The van der Waals surface area contributed by atoms with Crippen LogP contribution >= 0.6 is 0 Å². The van der Waals surface area contributed by atoms with E-state index in [4.69, 9.17) is 13.9 Å². The number of aliphatic hydroxyl groups is 1. The van der Waals surface area contributed by atoms with Crippen LogP contribution in [0.5, 0.6) is 11.5 Å². The van der Waals surface area contributed by atoms with Crippen LogP contribution in [0, 0.1) is 6.92 Å². The summed E-state index contributed by atoms with van der Waals surface area (Å²) in [5.74, 6) is 0.253. The molecular formula is C23H18N2O6. The van der Waals surface area contributed by atoms with Gasteiger partial charge in [0.2, 0.25) is 6.79 Å². The fourth-order valence-electron chi connectivity index (χ4n) is 3.82. The van der Waals surface area contributed by atoms with Crippen molar-refractivity contribution in [3.05, 3.63) is 83.1 Å². The van der Waals surface area contributed by atoms with Crippen LogP contribution in [0.25, 0.3) is 5.76 Å². The monoisotopic (exact) mass is 418 g/mol. The van der Waals surface area contributed by atoms with Gasteiger partial charge in [-0.05, 0) is 55.0 Å². The Bertz CT molecular complexity index is 1210. The normalized spacial score (nSPS) is 19.3. The number of rotatable bonds is 4. The largest absolute Gasteiger partial charge is 0.507 e. The molecule has 1 fully saturated rings. The number of amides is 1. The summed E-state index contributed by atoms with van der Waals surface area (Å²) in [6.45, 7) is 2.02. The minimum Gasteiger partial charge on any atom is -0.507 e. The number of carbonyl (C=O) groups is 2. The number of hydrogen-bond acceptors (Lipinski definition) is 7. The second kappa shape index (κ2) is 7.32. The van der Waals surface area contributed by atoms with Crippen LogP contribution in [0.3, 0.4) is 0 Å². The van der Waals surface area contributed by atoms with Gasteiger partial charge in [-0.25, -0.2) is 0 Å². The number of fused-ring (bicyclic) bond motifs is 1. The summed E-state index contributed by atoms with van der Waals surface area (Å²) in [6, 6.07) is 11.0. The second-order valence-electron chi connectivity index (χ2n) is 7.30. The molecule has 1 saturated heterocycles. The first-order valence-corrected chi connectivity index (χ1v) is 9.66. The smallest absolute Gasteiger partial charge is 0.296 e. The number of ketones is 1. The average molecular weight is 418 g/mol. The minimum absolute atomic E-state index is 0.0349. The molecule has 1 unspecified atom stereocenters. The van der Waals surface area contributed by atoms with Crippen LogP contribution in [-0.4, -0.2) is 33.5 Å². The fraction of sp³-hybridized carbons (Fsp3) is 0.174. The molecule has 4 heterocycles. The maximum atomic E-state index is 13.0. The Balaban J connectivity index is 1.63. The lowest BCUT2D eigenvalue weighted by Gasteiger charge is -2.23. The van der Waals surface area contributed by atoms with Gasteiger partial charge in [0.1, 0.15) is 23.3 Å². The van der Waals surface area contributed by atoms with Gasteiger partial charge in [-0.1, -0.05) is 0 Å². The van der Waals surface area contributed by atoms with Crippen LogP contribution in [0.1, 0.15) is 28.7 Å². The van der Waals surface area contributed by atoms with Gasteiger partial charge in [0.25, 0.3) is 11.7 Å². The number of ether oxygens (including phenoxy) is 2. The molecule has 156 valence electrons. The topological polar surface area (TPSA) is 102 Å². The highest BCUT2D eigenvalue weighted by Crippen LogP contribution is 2.42. The summed E-state index contributed by atoms with van der Waals surface area (Å²) in [5.41, 5.74) is 1.11. The third kappa shape index (κ3) is 3.22. The zero-order valence-corrected chi connectivity index (χ0v) is 16.6. The van der Waals surface area contributed by atoms with Gasteiger partial charge in [-0.15, -0.1) is 0 Å². The van der Waals surface area contributed by atoms with Gasteiger partial charge in [0, 0.05) is 24.5 Å². The van der Waals surface area contributed by atoms with Crippen molar-refractivity contribution in [1.82, 2.24) is 9.88 Å². The molecule has 0 aliphatic carbocycles. The Morgan fingerprint density at radius 1 is 1.10 bits per heavy atom. The Morgan fingerprint density at radius 2 is 1.87 bits per heavy atom. The molecule has 0 spiro atoms. The van der Waals surface area contributed by atoms with E-state index >= 15 is 0 Å². The lowest BCUT2D eigenvalue weighted by molar-refractivity contribution is -0.140. The molecule has 0 saturated carbocycles. The Hall–Kier alpha value is -4.07. The van der Waals surface area contributed by atoms with Crippen molar-refractivity contribution in [1.29, 1.82) is 0 Å². The number of aliphatic hydroxyl groups excluding tert-OH is 1. The molecule has 2 aromatic heterocycles. The molecule has 1 atom stereocenters. The number of Topliss-reactive ketones (excluding diaryl/α,β-unsaturated/α-hetero) is 1. The van der Waals surface area contributed by atoms with Gasteiger partial charge in [0.15, 0.2) is 11.5 Å². The first kappa shape index (κ1) is 18.9. The van der Waals surface area contributed by atoms with Crippen LogP contribution in [0.4, 0.5) is 0 Å². The van der Waals surface area contributed by atoms with E-state index in [9.17, 15) is 14.7 Å². The minimum atomic E-state index is -0.868. The van der Waals surface area contributed by atoms with Crippen molar-refractivity contribution < 1.29 is 28.6 Å². The van der Waals surface area contributed by atoms with Gasteiger partial charge in [-0.2, -0.15) is 0 Å². The van der Waals surface area contributed by atoms with Crippen molar-refractivity contribution in [2.45, 2.75) is 19.5 Å². The number of pyridine rings is 1. The molecule has 0 radical (unpaired) electrons. The molecule has 2 aliphatic heterocycles. The summed E-state index contributed by atoms with van der Waals surface area (Å²) < 4.78 is 16.5. The van der Waals surface area contributed by atoms with Crippen LogP contribution in [0.2, 0.25) is 0 Å². The molecule has 2 aliphatic rings. The number of benzene rings is 1. The maximum Gasteiger partial charge on any atom is 0.296 e. The number of aromatic nitrogens is 1. The summed E-state index contributed by atoms with van der Waals surface area (Å²) in [7, 11) is 0. The van der Waals surface area contributed by atoms with Gasteiger partial charge < -0.3 is 23.9 Å². The van der Waals surface area contributed by atoms with Gasteiger partial charge >= 0.3 is 0 Å². The van der Waals surface area contributed by atoms with Gasteiger partial charge in [0.05, 0.1) is 5.57 Å². The van der Waals surface area contributed by atoms with Crippen LogP contribution < -0.4 is 9.47 Å². The number of aryl methyl sites for hydroxylation is 1. The highest BCUT2D eigenvalue weighted by molar-refractivity contribution is 6.46. The predicted octanol–water partition coefficient (Wildman–Crippen LogP) is 3.33. The zero-order chi connectivity index (χ0) is 21.5. The van der Waals surface area contributed by atoms with E-state index in [1.165, 1.54) is 4.90 Å². The summed E-state index contributed by atoms with van der Waals surface area (Å²) in [4.78, 5) is 31.4. The summed E-state index contributed by atoms with van der Waals surface area (Å²) >= 11 is 0. The van der Waals surface area contributed by atoms with Crippen molar-refractivity contribution in [2.75, 3.05) is 6.79 Å². The van der Waals surface area contributed by atoms with E-state index in [1.54, 1.807) is 61.8 Å². The second-order valence-corrected chi connectivity index (χ2v) is 7.30. The van der Waals surface area contributed by atoms with E-state index in [0.717, 1.165) is 5.56 Å². The molecule has 1 aromatic carbocycles. The molecular weight excluding hydrogens is 400 g/mol. The van der Waals surface area contributed by atoms with Crippen molar-refractivity contribution in [3.8, 4) is 11.5 Å². The highest BCUT2D eigenvalue weighted by atomic mass is 16.7. The van der Waals surface area contributed by atoms with Crippen molar-refractivity contribution in [3.63, 3.8) is 0 Å². The molecule has 8 nitrogen and oxygen atoms in total. The fourth-order valence-corrected chi connectivity index (χ4v) is 3.82. The molecule has 0 bridgehead atoms. The number of nitrogens with zero attached hydrogens (tertiary/aromatic N) is 2. The average Bonchev–Trinajstić information content (AvgIpc) is 3.48.